The second-order valence-corrected chi connectivity index (χ2v) is 5.35. The number of hydrogen-bond acceptors (Lipinski definition) is 4. The van der Waals surface area contributed by atoms with E-state index in [-0.39, 0.29) is 17.7 Å². The summed E-state index contributed by atoms with van der Waals surface area (Å²) in [6, 6.07) is 4.40. The fraction of sp³-hybridized carbons (Fsp3) is 0.500. The molecule has 0 amide bonds. The normalized spacial score (nSPS) is 11.3. The molecule has 0 saturated heterocycles. The topological polar surface area (TPSA) is 75.4 Å². The van der Waals surface area contributed by atoms with Gasteiger partial charge in [-0.25, -0.2) is 0 Å². The number of aliphatic hydroxyl groups excluding tert-OH is 1. The molecule has 0 bridgehead atoms. The van der Waals surface area contributed by atoms with Gasteiger partial charge in [0.1, 0.15) is 5.69 Å². The van der Waals surface area contributed by atoms with Gasteiger partial charge < -0.3 is 10.4 Å². The zero-order valence-corrected chi connectivity index (χ0v) is 11.2. The van der Waals surface area contributed by atoms with Crippen LogP contribution in [0.4, 0.5) is 11.4 Å². The van der Waals surface area contributed by atoms with Crippen molar-refractivity contribution in [1.82, 2.24) is 0 Å². The molecule has 0 aliphatic rings. The van der Waals surface area contributed by atoms with Crippen molar-refractivity contribution in [2.24, 2.45) is 5.41 Å². The number of rotatable bonds is 6. The number of nitrogens with one attached hydrogen (secondary N) is 1. The number of aliphatic hydroxyl groups is 1. The van der Waals surface area contributed by atoms with Crippen molar-refractivity contribution >= 4 is 23.0 Å². The van der Waals surface area contributed by atoms with E-state index in [2.05, 4.69) is 5.32 Å². The molecule has 0 fully saturated rings. The fourth-order valence-corrected chi connectivity index (χ4v) is 1.71. The van der Waals surface area contributed by atoms with E-state index >= 15 is 0 Å². The lowest BCUT2D eigenvalue weighted by Gasteiger charge is -2.24. The van der Waals surface area contributed by atoms with Crippen LogP contribution in [0.1, 0.15) is 20.3 Å². The van der Waals surface area contributed by atoms with Gasteiger partial charge in [0.15, 0.2) is 0 Å². The molecule has 6 heteroatoms. The minimum atomic E-state index is -0.447. The van der Waals surface area contributed by atoms with E-state index in [4.69, 9.17) is 16.7 Å². The number of anilines is 1. The molecule has 1 rings (SSSR count). The maximum Gasteiger partial charge on any atom is 0.292 e. The molecule has 5 nitrogen and oxygen atoms in total. The first-order chi connectivity index (χ1) is 8.35. The van der Waals surface area contributed by atoms with Crippen molar-refractivity contribution in [2.75, 3.05) is 18.5 Å². The highest BCUT2D eigenvalue weighted by Crippen LogP contribution is 2.29. The lowest BCUT2D eigenvalue weighted by Crippen LogP contribution is -2.24. The molecule has 1 aromatic carbocycles. The average Bonchev–Trinajstić information content (AvgIpc) is 2.26. The van der Waals surface area contributed by atoms with Gasteiger partial charge in [-0.3, -0.25) is 10.1 Å². The molecule has 0 unspecified atom stereocenters. The summed E-state index contributed by atoms with van der Waals surface area (Å²) >= 11 is 5.83. The molecule has 0 radical (unpaired) electrons. The third kappa shape index (κ3) is 4.16. The summed E-state index contributed by atoms with van der Waals surface area (Å²) in [5.41, 5.74) is 0.253. The average molecular weight is 273 g/mol. The highest BCUT2D eigenvalue weighted by atomic mass is 35.5. The Hall–Kier alpha value is -1.33. The van der Waals surface area contributed by atoms with Crippen molar-refractivity contribution in [1.29, 1.82) is 0 Å². The number of benzene rings is 1. The molecule has 1 aromatic rings. The van der Waals surface area contributed by atoms with Gasteiger partial charge in [-0.1, -0.05) is 25.4 Å². The lowest BCUT2D eigenvalue weighted by atomic mass is 9.89. The van der Waals surface area contributed by atoms with Gasteiger partial charge in [-0.2, -0.15) is 0 Å². The van der Waals surface area contributed by atoms with E-state index in [1.54, 1.807) is 0 Å². The van der Waals surface area contributed by atoms with E-state index in [9.17, 15) is 10.1 Å². The quantitative estimate of drug-likeness (QED) is 0.616. The monoisotopic (exact) mass is 272 g/mol. The molecular formula is C12H17ClN2O3. The summed E-state index contributed by atoms with van der Waals surface area (Å²) in [6.45, 7) is 4.57. The van der Waals surface area contributed by atoms with Gasteiger partial charge in [0.2, 0.25) is 0 Å². The minimum absolute atomic E-state index is 0.000742. The Kier molecular flexibility index (Phi) is 4.93. The minimum Gasteiger partial charge on any atom is -0.396 e. The maximum atomic E-state index is 10.9. The summed E-state index contributed by atoms with van der Waals surface area (Å²) in [5, 5.41) is 23.3. The highest BCUT2D eigenvalue weighted by molar-refractivity contribution is 6.31. The Labute approximate surface area is 111 Å². The van der Waals surface area contributed by atoms with Crippen LogP contribution in [0.5, 0.6) is 0 Å². The highest BCUT2D eigenvalue weighted by Gasteiger charge is 2.20. The first-order valence-electron chi connectivity index (χ1n) is 5.64. The number of hydrogen-bond donors (Lipinski definition) is 2. The van der Waals surface area contributed by atoms with Crippen LogP contribution in [0.2, 0.25) is 5.02 Å². The first-order valence-corrected chi connectivity index (χ1v) is 6.02. The van der Waals surface area contributed by atoms with Crippen molar-refractivity contribution in [3.8, 4) is 0 Å². The molecule has 0 aliphatic carbocycles. The molecule has 0 spiro atoms. The number of nitro benzene ring substituents is 1. The van der Waals surface area contributed by atoms with E-state index in [1.807, 2.05) is 13.8 Å². The van der Waals surface area contributed by atoms with Crippen LogP contribution in [0.3, 0.4) is 0 Å². The lowest BCUT2D eigenvalue weighted by molar-refractivity contribution is -0.384. The van der Waals surface area contributed by atoms with Gasteiger partial charge in [0.25, 0.3) is 5.69 Å². The fourth-order valence-electron chi connectivity index (χ4n) is 1.53. The van der Waals surface area contributed by atoms with Crippen LogP contribution < -0.4 is 5.32 Å². The van der Waals surface area contributed by atoms with Crippen LogP contribution in [-0.2, 0) is 0 Å². The van der Waals surface area contributed by atoms with Crippen LogP contribution in [-0.4, -0.2) is 23.2 Å². The predicted octanol–water partition coefficient (Wildman–Crippen LogP) is 3.07. The van der Waals surface area contributed by atoms with E-state index in [1.165, 1.54) is 18.2 Å². The van der Waals surface area contributed by atoms with Crippen molar-refractivity contribution in [2.45, 2.75) is 20.3 Å². The molecule has 0 saturated carbocycles. The molecule has 18 heavy (non-hydrogen) atoms. The Morgan fingerprint density at radius 1 is 1.50 bits per heavy atom. The second-order valence-electron chi connectivity index (χ2n) is 4.91. The summed E-state index contributed by atoms with van der Waals surface area (Å²) in [7, 11) is 0. The third-order valence-corrected chi connectivity index (χ3v) is 2.94. The van der Waals surface area contributed by atoms with E-state index in [0.717, 1.165) is 0 Å². The standard InChI is InChI=1S/C12H17ClN2O3/c1-12(2,5-6-16)8-14-10-7-9(13)3-4-11(10)15(17)18/h3-4,7,14,16H,5-6,8H2,1-2H3. The van der Waals surface area contributed by atoms with Gasteiger partial charge in [-0.05, 0) is 24.0 Å². The van der Waals surface area contributed by atoms with Crippen molar-refractivity contribution < 1.29 is 10.0 Å². The third-order valence-electron chi connectivity index (χ3n) is 2.70. The van der Waals surface area contributed by atoms with E-state index in [0.29, 0.717) is 23.7 Å². The first kappa shape index (κ1) is 14.7. The van der Waals surface area contributed by atoms with E-state index < -0.39 is 4.92 Å². The molecule has 100 valence electrons. The van der Waals surface area contributed by atoms with Crippen LogP contribution in [0.25, 0.3) is 0 Å². The number of nitro groups is 1. The van der Waals surface area contributed by atoms with Gasteiger partial charge in [-0.15, -0.1) is 0 Å². The molecule has 0 aliphatic heterocycles. The summed E-state index contributed by atoms with van der Waals surface area (Å²) in [5.74, 6) is 0. The molecule has 0 aromatic heterocycles. The summed E-state index contributed by atoms with van der Waals surface area (Å²) < 4.78 is 0. The summed E-state index contributed by atoms with van der Waals surface area (Å²) in [6.07, 6.45) is 0.619. The predicted molar refractivity (Wildman–Crippen MR) is 72.1 cm³/mol. The zero-order chi connectivity index (χ0) is 13.8. The van der Waals surface area contributed by atoms with Gasteiger partial charge >= 0.3 is 0 Å². The summed E-state index contributed by atoms with van der Waals surface area (Å²) in [4.78, 5) is 10.4. The Morgan fingerprint density at radius 3 is 2.72 bits per heavy atom. The smallest absolute Gasteiger partial charge is 0.292 e. The SMILES string of the molecule is CC(C)(CCO)CNc1cc(Cl)ccc1[N+](=O)[O-]. The number of halogens is 1. The largest absolute Gasteiger partial charge is 0.396 e. The number of nitrogens with zero attached hydrogens (tertiary/aromatic N) is 1. The second kappa shape index (κ2) is 6.02. The van der Waals surface area contributed by atoms with Crippen LogP contribution in [0.15, 0.2) is 18.2 Å². The van der Waals surface area contributed by atoms with Crippen LogP contribution >= 0.6 is 11.6 Å². The Morgan fingerprint density at radius 2 is 2.17 bits per heavy atom. The van der Waals surface area contributed by atoms with Crippen molar-refractivity contribution in [3.63, 3.8) is 0 Å². The molecule has 0 heterocycles. The molecule has 2 N–H and O–H groups in total. The molecular weight excluding hydrogens is 256 g/mol. The maximum absolute atomic E-state index is 10.9. The van der Waals surface area contributed by atoms with Crippen LogP contribution in [0, 0.1) is 15.5 Å². The van der Waals surface area contributed by atoms with Gasteiger partial charge in [0.05, 0.1) is 4.92 Å². The Balaban J connectivity index is 2.83. The van der Waals surface area contributed by atoms with Gasteiger partial charge in [0, 0.05) is 24.2 Å². The molecule has 0 atom stereocenters. The Bertz CT molecular complexity index is 435. The zero-order valence-electron chi connectivity index (χ0n) is 10.4. The van der Waals surface area contributed by atoms with Crippen molar-refractivity contribution in [3.05, 3.63) is 33.3 Å².